The topological polar surface area (TPSA) is 56.5 Å². The van der Waals surface area contributed by atoms with Crippen molar-refractivity contribution in [2.75, 3.05) is 37.9 Å². The molecule has 0 amide bonds. The normalized spacial score (nSPS) is 11.4. The number of anilines is 2. The van der Waals surface area contributed by atoms with E-state index in [4.69, 9.17) is 15.2 Å². The van der Waals surface area contributed by atoms with Crippen LogP contribution in [-0.2, 0) is 4.74 Å². The van der Waals surface area contributed by atoms with Crippen molar-refractivity contribution in [3.63, 3.8) is 0 Å². The number of hydrogen-bond donors (Lipinski definition) is 2. The molecular weight excluding hydrogens is 252 g/mol. The van der Waals surface area contributed by atoms with E-state index >= 15 is 0 Å². The van der Waals surface area contributed by atoms with Crippen molar-refractivity contribution in [1.29, 1.82) is 0 Å². The van der Waals surface area contributed by atoms with Gasteiger partial charge in [0.15, 0.2) is 0 Å². The molecule has 0 aliphatic rings. The minimum Gasteiger partial charge on any atom is -0.491 e. The number of nitrogen functional groups attached to an aromatic ring is 1. The standard InChI is InChI=1S/C16H28N2O2/c1-5-10-20-14-8-6-7-13(15(14)17)18-12-16(2,3)9-11-19-4/h6-8,18H,5,9-12,17H2,1-4H3. The van der Waals surface area contributed by atoms with Crippen molar-refractivity contribution in [3.05, 3.63) is 18.2 Å². The lowest BCUT2D eigenvalue weighted by Crippen LogP contribution is -2.25. The molecule has 1 rings (SSSR count). The van der Waals surface area contributed by atoms with E-state index in [1.807, 2.05) is 18.2 Å². The molecule has 1 aromatic rings. The van der Waals surface area contributed by atoms with E-state index in [1.165, 1.54) is 0 Å². The Morgan fingerprint density at radius 3 is 2.65 bits per heavy atom. The average Bonchev–Trinajstić information content (AvgIpc) is 2.43. The van der Waals surface area contributed by atoms with Crippen molar-refractivity contribution < 1.29 is 9.47 Å². The van der Waals surface area contributed by atoms with Gasteiger partial charge in [-0.15, -0.1) is 0 Å². The first-order chi connectivity index (χ1) is 9.50. The Morgan fingerprint density at radius 2 is 2.00 bits per heavy atom. The second-order valence-electron chi connectivity index (χ2n) is 5.83. The van der Waals surface area contributed by atoms with Crippen LogP contribution >= 0.6 is 0 Å². The highest BCUT2D eigenvalue weighted by Crippen LogP contribution is 2.31. The molecule has 1 aromatic carbocycles. The fourth-order valence-corrected chi connectivity index (χ4v) is 1.84. The van der Waals surface area contributed by atoms with Crippen LogP contribution in [0.1, 0.15) is 33.6 Å². The second kappa shape index (κ2) is 8.00. The molecule has 0 atom stereocenters. The molecule has 0 bridgehead atoms. The lowest BCUT2D eigenvalue weighted by molar-refractivity contribution is 0.157. The number of para-hydroxylation sites is 1. The summed E-state index contributed by atoms with van der Waals surface area (Å²) in [6.45, 7) is 8.81. The summed E-state index contributed by atoms with van der Waals surface area (Å²) in [5.74, 6) is 0.756. The first-order valence-electron chi connectivity index (χ1n) is 7.24. The van der Waals surface area contributed by atoms with Crippen molar-refractivity contribution >= 4 is 11.4 Å². The van der Waals surface area contributed by atoms with Crippen LogP contribution in [0.4, 0.5) is 11.4 Å². The van der Waals surface area contributed by atoms with E-state index < -0.39 is 0 Å². The van der Waals surface area contributed by atoms with E-state index in [-0.39, 0.29) is 5.41 Å². The van der Waals surface area contributed by atoms with Gasteiger partial charge in [0.05, 0.1) is 18.0 Å². The number of benzene rings is 1. The van der Waals surface area contributed by atoms with Gasteiger partial charge >= 0.3 is 0 Å². The van der Waals surface area contributed by atoms with Crippen LogP contribution < -0.4 is 15.8 Å². The van der Waals surface area contributed by atoms with Crippen LogP contribution in [0.5, 0.6) is 5.75 Å². The second-order valence-corrected chi connectivity index (χ2v) is 5.83. The summed E-state index contributed by atoms with van der Waals surface area (Å²) in [5, 5.41) is 3.42. The lowest BCUT2D eigenvalue weighted by Gasteiger charge is -2.26. The molecule has 0 aromatic heterocycles. The summed E-state index contributed by atoms with van der Waals surface area (Å²) >= 11 is 0. The van der Waals surface area contributed by atoms with E-state index in [2.05, 4.69) is 26.1 Å². The zero-order chi connectivity index (χ0) is 15.0. The monoisotopic (exact) mass is 280 g/mol. The van der Waals surface area contributed by atoms with Crippen molar-refractivity contribution in [2.24, 2.45) is 5.41 Å². The minimum absolute atomic E-state index is 0.155. The lowest BCUT2D eigenvalue weighted by atomic mass is 9.89. The third-order valence-corrected chi connectivity index (χ3v) is 3.27. The highest BCUT2D eigenvalue weighted by molar-refractivity contribution is 5.72. The molecule has 0 saturated heterocycles. The Morgan fingerprint density at radius 1 is 1.25 bits per heavy atom. The number of rotatable bonds is 9. The number of nitrogens with one attached hydrogen (secondary N) is 1. The molecule has 3 N–H and O–H groups in total. The van der Waals surface area contributed by atoms with Gasteiger partial charge in [-0.05, 0) is 30.4 Å². The van der Waals surface area contributed by atoms with Gasteiger partial charge in [-0.25, -0.2) is 0 Å². The molecule has 0 heterocycles. The van der Waals surface area contributed by atoms with Crippen LogP contribution in [0.2, 0.25) is 0 Å². The third-order valence-electron chi connectivity index (χ3n) is 3.27. The van der Waals surface area contributed by atoms with Gasteiger partial charge in [-0.1, -0.05) is 26.8 Å². The summed E-state index contributed by atoms with van der Waals surface area (Å²) < 4.78 is 10.8. The zero-order valence-corrected chi connectivity index (χ0v) is 13.2. The molecule has 0 aliphatic heterocycles. The van der Waals surface area contributed by atoms with Gasteiger partial charge in [0.2, 0.25) is 0 Å². The first-order valence-corrected chi connectivity index (χ1v) is 7.24. The van der Waals surface area contributed by atoms with Crippen LogP contribution in [-0.4, -0.2) is 26.9 Å². The van der Waals surface area contributed by atoms with E-state index in [0.29, 0.717) is 12.3 Å². The minimum atomic E-state index is 0.155. The quantitative estimate of drug-likeness (QED) is 0.679. The molecular formula is C16H28N2O2. The molecule has 20 heavy (non-hydrogen) atoms. The number of methoxy groups -OCH3 is 1. The van der Waals surface area contributed by atoms with Crippen LogP contribution in [0.25, 0.3) is 0 Å². The Kier molecular flexibility index (Phi) is 6.65. The van der Waals surface area contributed by atoms with Crippen LogP contribution in [0.3, 0.4) is 0 Å². The van der Waals surface area contributed by atoms with Crippen LogP contribution in [0.15, 0.2) is 18.2 Å². The maximum Gasteiger partial charge on any atom is 0.144 e. The summed E-state index contributed by atoms with van der Waals surface area (Å²) in [6.07, 6.45) is 1.98. The summed E-state index contributed by atoms with van der Waals surface area (Å²) in [7, 11) is 1.73. The SMILES string of the molecule is CCCOc1cccc(NCC(C)(C)CCOC)c1N. The maximum absolute atomic E-state index is 6.14. The smallest absolute Gasteiger partial charge is 0.144 e. The number of nitrogens with two attached hydrogens (primary N) is 1. The highest BCUT2D eigenvalue weighted by Gasteiger charge is 2.18. The van der Waals surface area contributed by atoms with Gasteiger partial charge in [0, 0.05) is 20.3 Å². The summed E-state index contributed by atoms with van der Waals surface area (Å²) in [6, 6.07) is 5.86. The molecule has 0 spiro atoms. The number of ether oxygens (including phenoxy) is 2. The van der Waals surface area contributed by atoms with Crippen molar-refractivity contribution in [3.8, 4) is 5.75 Å². The van der Waals surface area contributed by atoms with Gasteiger partial charge in [0.25, 0.3) is 0 Å². The van der Waals surface area contributed by atoms with E-state index in [1.54, 1.807) is 7.11 Å². The van der Waals surface area contributed by atoms with Gasteiger partial charge in [-0.2, -0.15) is 0 Å². The van der Waals surface area contributed by atoms with E-state index in [9.17, 15) is 0 Å². The molecule has 0 unspecified atom stereocenters. The summed E-state index contributed by atoms with van der Waals surface area (Å²) in [5.41, 5.74) is 7.92. The summed E-state index contributed by atoms with van der Waals surface area (Å²) in [4.78, 5) is 0. The molecule has 0 saturated carbocycles. The van der Waals surface area contributed by atoms with Crippen molar-refractivity contribution in [2.45, 2.75) is 33.6 Å². The molecule has 0 fully saturated rings. The molecule has 0 radical (unpaired) electrons. The Balaban J connectivity index is 2.63. The number of hydrogen-bond acceptors (Lipinski definition) is 4. The third kappa shape index (κ3) is 5.29. The van der Waals surface area contributed by atoms with Crippen LogP contribution in [0, 0.1) is 5.41 Å². The molecule has 4 heteroatoms. The zero-order valence-electron chi connectivity index (χ0n) is 13.2. The fraction of sp³-hybridized carbons (Fsp3) is 0.625. The Bertz CT molecular complexity index is 405. The molecule has 0 aliphatic carbocycles. The van der Waals surface area contributed by atoms with Gasteiger partial charge in [-0.3, -0.25) is 0 Å². The average molecular weight is 280 g/mol. The predicted octanol–water partition coefficient (Wildman–Crippen LogP) is 3.53. The highest BCUT2D eigenvalue weighted by atomic mass is 16.5. The Labute approximate surface area is 122 Å². The largest absolute Gasteiger partial charge is 0.491 e. The van der Waals surface area contributed by atoms with E-state index in [0.717, 1.165) is 37.4 Å². The van der Waals surface area contributed by atoms with Gasteiger partial charge < -0.3 is 20.5 Å². The first kappa shape index (κ1) is 16.6. The maximum atomic E-state index is 6.14. The molecule has 4 nitrogen and oxygen atoms in total. The molecule has 114 valence electrons. The van der Waals surface area contributed by atoms with Gasteiger partial charge in [0.1, 0.15) is 5.75 Å². The fourth-order valence-electron chi connectivity index (χ4n) is 1.84. The van der Waals surface area contributed by atoms with Crippen molar-refractivity contribution in [1.82, 2.24) is 0 Å². The Hall–Kier alpha value is -1.42. The predicted molar refractivity (Wildman–Crippen MR) is 85.4 cm³/mol.